The monoisotopic (exact) mass is 352 g/mol. The van der Waals surface area contributed by atoms with Crippen molar-refractivity contribution in [3.8, 4) is 0 Å². The van der Waals surface area contributed by atoms with Gasteiger partial charge in [-0.2, -0.15) is 0 Å². The predicted molar refractivity (Wildman–Crippen MR) is 89.1 cm³/mol. The van der Waals surface area contributed by atoms with Crippen molar-refractivity contribution in [2.24, 2.45) is 0 Å². The number of benzene rings is 2. The van der Waals surface area contributed by atoms with Gasteiger partial charge in [0.05, 0.1) is 16.7 Å². The molecule has 25 heavy (non-hydrogen) atoms. The molecule has 0 bridgehead atoms. The Labute approximate surface area is 146 Å². The largest absolute Gasteiger partial charge is 0.366 e. The number of hydroxylamine groups is 2. The molecule has 0 saturated heterocycles. The van der Waals surface area contributed by atoms with Crippen molar-refractivity contribution in [1.29, 1.82) is 0 Å². The molecule has 2 aromatic carbocycles. The molecular weight excluding hydrogens is 344 g/mol. The van der Waals surface area contributed by atoms with E-state index < -0.39 is 17.8 Å². The minimum absolute atomic E-state index is 0.108. The molecule has 4 rings (SSSR count). The molecule has 0 saturated carbocycles. The number of halogens is 1. The number of aromatic nitrogens is 1. The second-order valence-electron chi connectivity index (χ2n) is 5.35. The van der Waals surface area contributed by atoms with Gasteiger partial charge in [-0.1, -0.05) is 40.9 Å². The average Bonchev–Trinajstić information content (AvgIpc) is 2.87. The van der Waals surface area contributed by atoms with Gasteiger partial charge >= 0.3 is 5.97 Å². The van der Waals surface area contributed by atoms with Gasteiger partial charge in [-0.3, -0.25) is 14.6 Å². The van der Waals surface area contributed by atoms with E-state index in [2.05, 4.69) is 4.98 Å². The average molecular weight is 353 g/mol. The van der Waals surface area contributed by atoms with Crippen LogP contribution in [-0.2, 0) is 4.84 Å². The van der Waals surface area contributed by atoms with Crippen LogP contribution in [0.3, 0.4) is 0 Å². The Bertz CT molecular complexity index is 1030. The third-order valence-corrected chi connectivity index (χ3v) is 4.23. The van der Waals surface area contributed by atoms with Gasteiger partial charge in [0.15, 0.2) is 0 Å². The molecule has 1 aliphatic rings. The van der Waals surface area contributed by atoms with E-state index in [1.54, 1.807) is 30.3 Å². The van der Waals surface area contributed by atoms with Crippen LogP contribution in [-0.4, -0.2) is 27.8 Å². The van der Waals surface area contributed by atoms with Crippen LogP contribution >= 0.6 is 11.6 Å². The standard InChI is InChI=1S/C18H9ClN2O4/c19-15-7-3-6-10-13(15)8-20-9-14(10)18(24)25-21-16(22)11-4-1-2-5-12(11)17(21)23/h1-9H. The summed E-state index contributed by atoms with van der Waals surface area (Å²) in [6.07, 6.45) is 2.83. The molecule has 1 aliphatic heterocycles. The van der Waals surface area contributed by atoms with Gasteiger partial charge in [-0.15, -0.1) is 0 Å². The highest BCUT2D eigenvalue weighted by molar-refractivity contribution is 6.35. The molecule has 6 nitrogen and oxygen atoms in total. The van der Waals surface area contributed by atoms with E-state index in [4.69, 9.17) is 16.4 Å². The Morgan fingerprint density at radius 3 is 2.28 bits per heavy atom. The van der Waals surface area contributed by atoms with Crippen molar-refractivity contribution in [3.63, 3.8) is 0 Å². The van der Waals surface area contributed by atoms with Crippen LogP contribution in [0.4, 0.5) is 0 Å². The smallest absolute Gasteiger partial charge is 0.324 e. The van der Waals surface area contributed by atoms with Crippen LogP contribution in [0.15, 0.2) is 54.9 Å². The van der Waals surface area contributed by atoms with Crippen LogP contribution in [0.2, 0.25) is 5.02 Å². The van der Waals surface area contributed by atoms with Gasteiger partial charge in [0.2, 0.25) is 0 Å². The summed E-state index contributed by atoms with van der Waals surface area (Å²) in [7, 11) is 0. The Morgan fingerprint density at radius 2 is 1.60 bits per heavy atom. The molecular formula is C18H9ClN2O4. The molecule has 0 aliphatic carbocycles. The number of amides is 2. The zero-order chi connectivity index (χ0) is 17.6. The van der Waals surface area contributed by atoms with Crippen molar-refractivity contribution in [2.75, 3.05) is 0 Å². The Balaban J connectivity index is 1.70. The first-order valence-electron chi connectivity index (χ1n) is 7.30. The number of fused-ring (bicyclic) bond motifs is 2. The summed E-state index contributed by atoms with van der Waals surface area (Å²) in [5.41, 5.74) is 0.496. The fraction of sp³-hybridized carbons (Fsp3) is 0. The first-order valence-corrected chi connectivity index (χ1v) is 7.68. The highest BCUT2D eigenvalue weighted by atomic mass is 35.5. The fourth-order valence-electron chi connectivity index (χ4n) is 2.70. The van der Waals surface area contributed by atoms with E-state index in [1.807, 2.05) is 0 Å². The van der Waals surface area contributed by atoms with E-state index in [-0.39, 0.29) is 16.7 Å². The lowest BCUT2D eigenvalue weighted by molar-refractivity contribution is -0.0583. The zero-order valence-electron chi connectivity index (χ0n) is 12.6. The number of hydrogen-bond donors (Lipinski definition) is 0. The minimum atomic E-state index is -0.866. The summed E-state index contributed by atoms with van der Waals surface area (Å²) < 4.78 is 0. The Morgan fingerprint density at radius 1 is 0.920 bits per heavy atom. The van der Waals surface area contributed by atoms with Crippen LogP contribution < -0.4 is 0 Å². The van der Waals surface area contributed by atoms with Crippen LogP contribution in [0.5, 0.6) is 0 Å². The molecule has 7 heteroatoms. The maximum atomic E-state index is 12.5. The summed E-state index contributed by atoms with van der Waals surface area (Å²) in [5.74, 6) is -2.23. The van der Waals surface area contributed by atoms with E-state index in [1.165, 1.54) is 24.5 Å². The van der Waals surface area contributed by atoms with E-state index in [9.17, 15) is 14.4 Å². The second-order valence-corrected chi connectivity index (χ2v) is 5.76. The summed E-state index contributed by atoms with van der Waals surface area (Å²) >= 11 is 6.10. The number of rotatable bonds is 2. The lowest BCUT2D eigenvalue weighted by Gasteiger charge is -2.13. The second kappa shape index (κ2) is 5.68. The van der Waals surface area contributed by atoms with Gasteiger partial charge in [0.25, 0.3) is 11.8 Å². The normalized spacial score (nSPS) is 13.2. The van der Waals surface area contributed by atoms with Gasteiger partial charge < -0.3 is 4.84 Å². The topological polar surface area (TPSA) is 76.6 Å². The van der Waals surface area contributed by atoms with Crippen LogP contribution in [0, 0.1) is 0 Å². The fourth-order valence-corrected chi connectivity index (χ4v) is 2.93. The maximum absolute atomic E-state index is 12.5. The Hall–Kier alpha value is -3.25. The lowest BCUT2D eigenvalue weighted by Crippen LogP contribution is -2.32. The Kier molecular flexibility index (Phi) is 3.47. The highest BCUT2D eigenvalue weighted by Crippen LogP contribution is 2.27. The molecule has 2 heterocycles. The number of carbonyl (C=O) groups excluding carboxylic acids is 3. The SMILES string of the molecule is O=C(ON1C(=O)c2ccccc2C1=O)c1cncc2c(Cl)cccc12. The quantitative estimate of drug-likeness (QED) is 0.662. The summed E-state index contributed by atoms with van der Waals surface area (Å²) in [6, 6.07) is 11.3. The van der Waals surface area contributed by atoms with Crippen molar-refractivity contribution >= 4 is 40.2 Å². The van der Waals surface area contributed by atoms with Crippen LogP contribution in [0.1, 0.15) is 31.1 Å². The molecule has 0 N–H and O–H groups in total. The van der Waals surface area contributed by atoms with Gasteiger partial charge in [-0.05, 0) is 18.2 Å². The lowest BCUT2D eigenvalue weighted by atomic mass is 10.1. The molecule has 3 aromatic rings. The van der Waals surface area contributed by atoms with E-state index in [0.717, 1.165) is 0 Å². The molecule has 0 atom stereocenters. The summed E-state index contributed by atoms with van der Waals surface area (Å²) in [6.45, 7) is 0. The first-order chi connectivity index (χ1) is 12.1. The number of pyridine rings is 1. The van der Waals surface area contributed by atoms with Crippen molar-refractivity contribution in [2.45, 2.75) is 0 Å². The van der Waals surface area contributed by atoms with Gasteiger partial charge in [-0.25, -0.2) is 4.79 Å². The zero-order valence-corrected chi connectivity index (χ0v) is 13.4. The van der Waals surface area contributed by atoms with E-state index in [0.29, 0.717) is 20.9 Å². The van der Waals surface area contributed by atoms with Crippen LogP contribution in [0.25, 0.3) is 10.8 Å². The molecule has 2 amide bonds. The highest BCUT2D eigenvalue weighted by Gasteiger charge is 2.39. The minimum Gasteiger partial charge on any atom is -0.324 e. The third-order valence-electron chi connectivity index (χ3n) is 3.90. The van der Waals surface area contributed by atoms with E-state index >= 15 is 0 Å². The van der Waals surface area contributed by atoms with Crippen molar-refractivity contribution < 1.29 is 19.2 Å². The number of hydrogen-bond acceptors (Lipinski definition) is 5. The van der Waals surface area contributed by atoms with Crippen molar-refractivity contribution in [3.05, 3.63) is 76.6 Å². The predicted octanol–water partition coefficient (Wildman–Crippen LogP) is 3.26. The molecule has 0 fully saturated rings. The first kappa shape index (κ1) is 15.3. The molecule has 0 unspecified atom stereocenters. The number of imide groups is 1. The molecule has 0 spiro atoms. The van der Waals surface area contributed by atoms with Crippen molar-refractivity contribution in [1.82, 2.24) is 10.0 Å². The molecule has 0 radical (unpaired) electrons. The molecule has 122 valence electrons. The maximum Gasteiger partial charge on any atom is 0.366 e. The van der Waals surface area contributed by atoms with Gasteiger partial charge in [0.1, 0.15) is 0 Å². The summed E-state index contributed by atoms with van der Waals surface area (Å²) in [5, 5.41) is 1.99. The third kappa shape index (κ3) is 2.35. The number of nitrogens with zero attached hydrogens (tertiary/aromatic N) is 2. The van der Waals surface area contributed by atoms with Gasteiger partial charge in [0, 0.05) is 28.2 Å². The number of carbonyl (C=O) groups is 3. The summed E-state index contributed by atoms with van der Waals surface area (Å²) in [4.78, 5) is 46.1. The molecule has 1 aromatic heterocycles.